The van der Waals surface area contributed by atoms with Crippen LogP contribution in [-0.4, -0.2) is 19.9 Å². The average molecular weight is 304 g/mol. The number of aryl methyl sites for hydroxylation is 1. The Balaban J connectivity index is 2.13. The second kappa shape index (κ2) is 4.17. The first-order valence-electron chi connectivity index (χ1n) is 6.19. The third-order valence-corrected chi connectivity index (χ3v) is 7.85. The molecule has 1 aromatic heterocycles. The molecule has 5 nitrogen and oxygen atoms in total. The van der Waals surface area contributed by atoms with E-state index in [4.69, 9.17) is 0 Å². The van der Waals surface area contributed by atoms with Crippen molar-refractivity contribution in [3.63, 3.8) is 0 Å². The first kappa shape index (κ1) is 14.7. The summed E-state index contributed by atoms with van der Waals surface area (Å²) in [6.07, 6.45) is 0. The van der Waals surface area contributed by atoms with E-state index in [0.29, 0.717) is 18.2 Å². The number of aromatic amines is 1. The van der Waals surface area contributed by atoms with Gasteiger partial charge in [0.05, 0.1) is 0 Å². The van der Waals surface area contributed by atoms with E-state index in [1.165, 1.54) is 0 Å². The van der Waals surface area contributed by atoms with Gasteiger partial charge in [-0.15, -0.1) is 0 Å². The average Bonchev–Trinajstić information content (AvgIpc) is 2.54. The second-order valence-corrected chi connectivity index (χ2v) is 9.22. The maximum absolute atomic E-state index is 12.2. The molecule has 0 bridgehead atoms. The predicted octanol–water partition coefficient (Wildman–Crippen LogP) is 1.71. The minimum atomic E-state index is -3.59. The predicted molar refractivity (Wildman–Crippen MR) is 75.9 cm³/mol. The molecular weight excluding hydrogens is 284 g/mol. The molecular formula is C12H20N2O3S2. The van der Waals surface area contributed by atoms with Gasteiger partial charge in [-0.05, 0) is 23.7 Å². The third-order valence-electron chi connectivity index (χ3n) is 4.82. The van der Waals surface area contributed by atoms with Gasteiger partial charge in [-0.3, -0.25) is 4.79 Å². The standard InChI is InChI=1S/C12H20N2O3S2/c1-7-9(18-10(15)14-7)19(16,17)13-6-8-11(2,3)12(8,4)5/h8,13H,6H2,1-5H3,(H,14,15). The lowest BCUT2D eigenvalue weighted by molar-refractivity contribution is 0.457. The molecule has 0 unspecified atom stereocenters. The number of rotatable bonds is 4. The Bertz CT molecular complexity index is 639. The number of aromatic nitrogens is 1. The van der Waals surface area contributed by atoms with Crippen molar-refractivity contribution in [3.8, 4) is 0 Å². The first-order valence-corrected chi connectivity index (χ1v) is 8.49. The van der Waals surface area contributed by atoms with E-state index in [9.17, 15) is 13.2 Å². The van der Waals surface area contributed by atoms with Gasteiger partial charge in [0.1, 0.15) is 0 Å². The van der Waals surface area contributed by atoms with E-state index in [2.05, 4.69) is 37.4 Å². The van der Waals surface area contributed by atoms with Crippen LogP contribution in [0.1, 0.15) is 33.4 Å². The number of sulfonamides is 1. The van der Waals surface area contributed by atoms with Gasteiger partial charge in [-0.1, -0.05) is 39.0 Å². The molecule has 0 aromatic carbocycles. The van der Waals surface area contributed by atoms with Crippen molar-refractivity contribution in [3.05, 3.63) is 15.4 Å². The monoisotopic (exact) mass is 304 g/mol. The number of nitrogens with one attached hydrogen (secondary N) is 2. The molecule has 7 heteroatoms. The molecule has 19 heavy (non-hydrogen) atoms. The van der Waals surface area contributed by atoms with Crippen molar-refractivity contribution < 1.29 is 8.42 Å². The van der Waals surface area contributed by atoms with Crippen LogP contribution in [0, 0.1) is 23.7 Å². The molecule has 2 N–H and O–H groups in total. The highest BCUT2D eigenvalue weighted by atomic mass is 32.2. The van der Waals surface area contributed by atoms with E-state index >= 15 is 0 Å². The van der Waals surface area contributed by atoms with Crippen molar-refractivity contribution in [1.82, 2.24) is 9.71 Å². The highest BCUT2D eigenvalue weighted by molar-refractivity contribution is 7.91. The quantitative estimate of drug-likeness (QED) is 0.888. The number of hydrogen-bond donors (Lipinski definition) is 2. The fraction of sp³-hybridized carbons (Fsp3) is 0.750. The Labute approximate surface area is 117 Å². The van der Waals surface area contributed by atoms with E-state index < -0.39 is 10.0 Å². The van der Waals surface area contributed by atoms with Crippen LogP contribution in [0.4, 0.5) is 0 Å². The Morgan fingerprint density at radius 2 is 1.79 bits per heavy atom. The van der Waals surface area contributed by atoms with E-state index in [1.807, 2.05) is 0 Å². The summed E-state index contributed by atoms with van der Waals surface area (Å²) in [6, 6.07) is 0. The lowest BCUT2D eigenvalue weighted by atomic mass is 10.0. The highest BCUT2D eigenvalue weighted by Gasteiger charge is 2.64. The Hall–Kier alpha value is -0.660. The number of thiazole rings is 1. The summed E-state index contributed by atoms with van der Waals surface area (Å²) >= 11 is 0.732. The zero-order valence-electron chi connectivity index (χ0n) is 11.8. The van der Waals surface area contributed by atoms with E-state index in [0.717, 1.165) is 11.3 Å². The zero-order chi connectivity index (χ0) is 14.6. The van der Waals surface area contributed by atoms with Crippen LogP contribution in [0.2, 0.25) is 0 Å². The van der Waals surface area contributed by atoms with Gasteiger partial charge in [0.25, 0.3) is 10.0 Å². The molecule has 2 rings (SSSR count). The van der Waals surface area contributed by atoms with Crippen molar-refractivity contribution in [2.75, 3.05) is 6.54 Å². The van der Waals surface area contributed by atoms with Crippen LogP contribution in [-0.2, 0) is 10.0 Å². The van der Waals surface area contributed by atoms with Gasteiger partial charge >= 0.3 is 4.87 Å². The van der Waals surface area contributed by atoms with Gasteiger partial charge in [0.15, 0.2) is 4.21 Å². The Morgan fingerprint density at radius 3 is 2.16 bits per heavy atom. The van der Waals surface area contributed by atoms with Gasteiger partial charge in [0.2, 0.25) is 0 Å². The molecule has 0 atom stereocenters. The van der Waals surface area contributed by atoms with Gasteiger partial charge < -0.3 is 4.98 Å². The normalized spacial score (nSPS) is 21.5. The molecule has 1 aliphatic carbocycles. The van der Waals surface area contributed by atoms with Crippen molar-refractivity contribution >= 4 is 21.4 Å². The molecule has 0 saturated heterocycles. The molecule has 0 aliphatic heterocycles. The lowest BCUT2D eigenvalue weighted by Crippen LogP contribution is -2.27. The fourth-order valence-electron chi connectivity index (χ4n) is 2.75. The van der Waals surface area contributed by atoms with Crippen LogP contribution in [0.25, 0.3) is 0 Å². The summed E-state index contributed by atoms with van der Waals surface area (Å²) in [7, 11) is -3.59. The number of hydrogen-bond acceptors (Lipinski definition) is 4. The van der Waals surface area contributed by atoms with Gasteiger partial charge in [-0.25, -0.2) is 13.1 Å². The maximum Gasteiger partial charge on any atom is 0.305 e. The second-order valence-electron chi connectivity index (χ2n) is 6.27. The molecule has 1 saturated carbocycles. The molecule has 1 fully saturated rings. The summed E-state index contributed by atoms with van der Waals surface area (Å²) < 4.78 is 27.0. The van der Waals surface area contributed by atoms with E-state index in [-0.39, 0.29) is 19.9 Å². The minimum absolute atomic E-state index is 0.0914. The smallest absolute Gasteiger partial charge is 0.305 e. The minimum Gasteiger partial charge on any atom is -0.315 e. The highest BCUT2D eigenvalue weighted by Crippen LogP contribution is 2.67. The SMILES string of the molecule is Cc1[nH]c(=O)sc1S(=O)(=O)NCC1C(C)(C)C1(C)C. The molecule has 1 aliphatic rings. The largest absolute Gasteiger partial charge is 0.315 e. The zero-order valence-corrected chi connectivity index (χ0v) is 13.5. The molecule has 108 valence electrons. The Morgan fingerprint density at radius 1 is 1.26 bits per heavy atom. The summed E-state index contributed by atoms with van der Waals surface area (Å²) in [4.78, 5) is 13.3. The van der Waals surface area contributed by atoms with Crippen LogP contribution >= 0.6 is 11.3 Å². The number of H-pyrrole nitrogens is 1. The van der Waals surface area contributed by atoms with Crippen LogP contribution in [0.15, 0.2) is 9.00 Å². The summed E-state index contributed by atoms with van der Waals surface area (Å²) in [6.45, 7) is 10.6. The molecule has 0 spiro atoms. The maximum atomic E-state index is 12.2. The summed E-state index contributed by atoms with van der Waals surface area (Å²) in [5, 5.41) is 0. The van der Waals surface area contributed by atoms with Crippen LogP contribution in [0.5, 0.6) is 0 Å². The van der Waals surface area contributed by atoms with Crippen molar-refractivity contribution in [2.24, 2.45) is 16.7 Å². The third kappa shape index (κ3) is 2.28. The summed E-state index contributed by atoms with van der Waals surface area (Å²) in [5.74, 6) is 0.311. The lowest BCUT2D eigenvalue weighted by Gasteiger charge is -2.06. The van der Waals surface area contributed by atoms with Gasteiger partial charge in [0, 0.05) is 12.2 Å². The van der Waals surface area contributed by atoms with Crippen LogP contribution in [0.3, 0.4) is 0 Å². The molecule has 0 radical (unpaired) electrons. The Kier molecular flexibility index (Phi) is 3.23. The molecule has 1 heterocycles. The molecule has 0 amide bonds. The van der Waals surface area contributed by atoms with Crippen LogP contribution < -0.4 is 9.60 Å². The van der Waals surface area contributed by atoms with Crippen molar-refractivity contribution in [1.29, 1.82) is 0 Å². The molecule has 1 aromatic rings. The van der Waals surface area contributed by atoms with Crippen molar-refractivity contribution in [2.45, 2.75) is 38.8 Å². The first-order chi connectivity index (χ1) is 8.50. The van der Waals surface area contributed by atoms with E-state index in [1.54, 1.807) is 6.92 Å². The topological polar surface area (TPSA) is 79.0 Å². The van der Waals surface area contributed by atoms with Gasteiger partial charge in [-0.2, -0.15) is 0 Å². The fourth-order valence-corrected chi connectivity index (χ4v) is 5.14. The summed E-state index contributed by atoms with van der Waals surface area (Å²) in [5.41, 5.74) is 0.669.